The Morgan fingerprint density at radius 3 is 2.15 bits per heavy atom. The van der Waals surface area contributed by atoms with Crippen LogP contribution in [0.2, 0.25) is 0 Å². The standard InChI is InChI=1S/C33H31N/c1-4-11-25(2)12-8-9-17-32-23-31(24-33(34-32)30-16-10-13-26(3)22-30)29-20-18-28(19-21-29)27-14-6-5-7-15-27/h4-10,12-16,18-24H,1,11,17H2,2-3H3/b9-8-,25-12-. The first kappa shape index (κ1) is 23.2. The molecule has 0 aliphatic carbocycles. The summed E-state index contributed by atoms with van der Waals surface area (Å²) in [4.78, 5) is 5.00. The van der Waals surface area contributed by atoms with Crippen molar-refractivity contribution in [2.24, 2.45) is 0 Å². The van der Waals surface area contributed by atoms with Gasteiger partial charge in [-0.05, 0) is 60.7 Å². The molecule has 0 spiro atoms. The molecule has 0 amide bonds. The second kappa shape index (κ2) is 11.2. The molecule has 1 aromatic heterocycles. The first-order valence-corrected chi connectivity index (χ1v) is 11.8. The van der Waals surface area contributed by atoms with Crippen LogP contribution in [0.5, 0.6) is 0 Å². The van der Waals surface area contributed by atoms with Crippen molar-refractivity contribution >= 4 is 0 Å². The van der Waals surface area contributed by atoms with E-state index >= 15 is 0 Å². The van der Waals surface area contributed by atoms with Crippen LogP contribution in [0.3, 0.4) is 0 Å². The molecule has 1 heterocycles. The predicted octanol–water partition coefficient (Wildman–Crippen LogP) is 9.01. The van der Waals surface area contributed by atoms with Crippen LogP contribution in [0.15, 0.2) is 127 Å². The molecule has 0 unspecified atom stereocenters. The highest BCUT2D eigenvalue weighted by Gasteiger charge is 2.08. The van der Waals surface area contributed by atoms with Gasteiger partial charge in [-0.15, -0.1) is 6.58 Å². The van der Waals surface area contributed by atoms with Crippen LogP contribution in [-0.2, 0) is 6.42 Å². The third-order valence-corrected chi connectivity index (χ3v) is 5.83. The zero-order valence-electron chi connectivity index (χ0n) is 20.0. The van der Waals surface area contributed by atoms with Gasteiger partial charge < -0.3 is 0 Å². The van der Waals surface area contributed by atoms with Gasteiger partial charge in [-0.1, -0.05) is 108 Å². The highest BCUT2D eigenvalue weighted by atomic mass is 14.7. The lowest BCUT2D eigenvalue weighted by atomic mass is 9.98. The fourth-order valence-corrected chi connectivity index (χ4v) is 4.01. The lowest BCUT2D eigenvalue weighted by molar-refractivity contribution is 1.11. The highest BCUT2D eigenvalue weighted by molar-refractivity contribution is 5.74. The van der Waals surface area contributed by atoms with Crippen molar-refractivity contribution in [3.8, 4) is 33.5 Å². The number of aromatic nitrogens is 1. The molecule has 0 bridgehead atoms. The molecule has 4 aromatic rings. The summed E-state index contributed by atoms with van der Waals surface area (Å²) in [5.74, 6) is 0. The highest BCUT2D eigenvalue weighted by Crippen LogP contribution is 2.29. The molecule has 4 rings (SSSR count). The summed E-state index contributed by atoms with van der Waals surface area (Å²) in [6, 6.07) is 32.3. The van der Waals surface area contributed by atoms with E-state index in [9.17, 15) is 0 Å². The maximum atomic E-state index is 5.00. The Kier molecular flexibility index (Phi) is 7.67. The molecule has 0 saturated heterocycles. The first-order chi connectivity index (χ1) is 16.6. The van der Waals surface area contributed by atoms with E-state index in [1.54, 1.807) is 0 Å². The molecular formula is C33H31N. The lowest BCUT2D eigenvalue weighted by Crippen LogP contribution is -1.94. The summed E-state index contributed by atoms with van der Waals surface area (Å²) < 4.78 is 0. The quantitative estimate of drug-likeness (QED) is 0.196. The van der Waals surface area contributed by atoms with E-state index in [0.29, 0.717) is 0 Å². The first-order valence-electron chi connectivity index (χ1n) is 11.8. The van der Waals surface area contributed by atoms with Gasteiger partial charge in [-0.3, -0.25) is 4.98 Å². The molecule has 0 fully saturated rings. The Labute approximate surface area is 203 Å². The lowest BCUT2D eigenvalue weighted by Gasteiger charge is -2.10. The Balaban J connectivity index is 1.67. The van der Waals surface area contributed by atoms with E-state index in [1.807, 2.05) is 12.1 Å². The smallest absolute Gasteiger partial charge is 0.0711 e. The summed E-state index contributed by atoms with van der Waals surface area (Å²) in [5.41, 5.74) is 10.6. The van der Waals surface area contributed by atoms with Crippen molar-refractivity contribution in [3.05, 3.63) is 139 Å². The van der Waals surface area contributed by atoms with Crippen LogP contribution in [0.4, 0.5) is 0 Å². The van der Waals surface area contributed by atoms with E-state index < -0.39 is 0 Å². The minimum atomic E-state index is 0.784. The summed E-state index contributed by atoms with van der Waals surface area (Å²) in [6.07, 6.45) is 10.1. The van der Waals surface area contributed by atoms with Crippen LogP contribution in [0, 0.1) is 6.92 Å². The number of benzene rings is 3. The fourth-order valence-electron chi connectivity index (χ4n) is 4.01. The SMILES string of the molecule is C=CC/C(C)=C\C=C/Cc1cc(-c2ccc(-c3ccccc3)cc2)cc(-c2cccc(C)c2)n1. The Hall–Kier alpha value is -3.97. The van der Waals surface area contributed by atoms with Gasteiger partial charge in [0.1, 0.15) is 0 Å². The van der Waals surface area contributed by atoms with Crippen molar-refractivity contribution in [2.75, 3.05) is 0 Å². The number of allylic oxidation sites excluding steroid dienone is 5. The molecule has 1 heteroatoms. The number of aryl methyl sites for hydroxylation is 1. The molecule has 168 valence electrons. The third-order valence-electron chi connectivity index (χ3n) is 5.83. The van der Waals surface area contributed by atoms with E-state index in [2.05, 4.69) is 124 Å². The number of pyridine rings is 1. The molecule has 0 aliphatic heterocycles. The number of nitrogens with zero attached hydrogens (tertiary/aromatic N) is 1. The third kappa shape index (κ3) is 6.08. The van der Waals surface area contributed by atoms with Crippen molar-refractivity contribution in [3.63, 3.8) is 0 Å². The number of hydrogen-bond donors (Lipinski definition) is 0. The van der Waals surface area contributed by atoms with Gasteiger partial charge in [-0.25, -0.2) is 0 Å². The minimum absolute atomic E-state index is 0.784. The van der Waals surface area contributed by atoms with Gasteiger partial charge in [0.05, 0.1) is 5.69 Å². The van der Waals surface area contributed by atoms with Crippen molar-refractivity contribution in [1.29, 1.82) is 0 Å². The van der Waals surface area contributed by atoms with E-state index in [0.717, 1.165) is 29.8 Å². The van der Waals surface area contributed by atoms with E-state index in [4.69, 9.17) is 4.98 Å². The van der Waals surface area contributed by atoms with Gasteiger partial charge in [0.15, 0.2) is 0 Å². The van der Waals surface area contributed by atoms with Gasteiger partial charge in [0.2, 0.25) is 0 Å². The molecule has 0 aliphatic rings. The molecule has 0 saturated carbocycles. The zero-order chi connectivity index (χ0) is 23.8. The zero-order valence-corrected chi connectivity index (χ0v) is 20.0. The largest absolute Gasteiger partial charge is 0.252 e. The van der Waals surface area contributed by atoms with E-state index in [1.165, 1.54) is 33.4 Å². The van der Waals surface area contributed by atoms with Gasteiger partial charge in [0, 0.05) is 17.7 Å². The second-order valence-corrected chi connectivity index (χ2v) is 8.68. The minimum Gasteiger partial charge on any atom is -0.252 e. The van der Waals surface area contributed by atoms with Gasteiger partial charge >= 0.3 is 0 Å². The van der Waals surface area contributed by atoms with Crippen LogP contribution in [0.25, 0.3) is 33.5 Å². The fraction of sp³-hybridized carbons (Fsp3) is 0.121. The number of rotatable bonds is 8. The molecular weight excluding hydrogens is 410 g/mol. The molecule has 0 atom stereocenters. The van der Waals surface area contributed by atoms with Gasteiger partial charge in [-0.2, -0.15) is 0 Å². The summed E-state index contributed by atoms with van der Waals surface area (Å²) in [5, 5.41) is 0. The van der Waals surface area contributed by atoms with E-state index in [-0.39, 0.29) is 0 Å². The average Bonchev–Trinajstić information content (AvgIpc) is 2.87. The molecule has 1 nitrogen and oxygen atoms in total. The summed E-state index contributed by atoms with van der Waals surface area (Å²) in [7, 11) is 0. The summed E-state index contributed by atoms with van der Waals surface area (Å²) in [6.45, 7) is 8.05. The van der Waals surface area contributed by atoms with Crippen molar-refractivity contribution in [1.82, 2.24) is 4.98 Å². The van der Waals surface area contributed by atoms with Gasteiger partial charge in [0.25, 0.3) is 0 Å². The predicted molar refractivity (Wildman–Crippen MR) is 147 cm³/mol. The van der Waals surface area contributed by atoms with Crippen LogP contribution in [0.1, 0.15) is 24.6 Å². The monoisotopic (exact) mass is 441 g/mol. The average molecular weight is 442 g/mol. The number of hydrogen-bond acceptors (Lipinski definition) is 1. The normalized spacial score (nSPS) is 11.6. The Morgan fingerprint density at radius 2 is 1.44 bits per heavy atom. The molecule has 0 N–H and O–H groups in total. The maximum Gasteiger partial charge on any atom is 0.0711 e. The Morgan fingerprint density at radius 1 is 0.765 bits per heavy atom. The maximum absolute atomic E-state index is 5.00. The Bertz CT molecular complexity index is 1310. The second-order valence-electron chi connectivity index (χ2n) is 8.68. The van der Waals surface area contributed by atoms with Crippen LogP contribution < -0.4 is 0 Å². The van der Waals surface area contributed by atoms with Crippen LogP contribution >= 0.6 is 0 Å². The topological polar surface area (TPSA) is 12.9 Å². The van der Waals surface area contributed by atoms with Crippen molar-refractivity contribution < 1.29 is 0 Å². The molecule has 3 aromatic carbocycles. The molecule has 0 radical (unpaired) electrons. The van der Waals surface area contributed by atoms with Crippen molar-refractivity contribution in [2.45, 2.75) is 26.7 Å². The van der Waals surface area contributed by atoms with Crippen LogP contribution in [-0.4, -0.2) is 4.98 Å². The summed E-state index contributed by atoms with van der Waals surface area (Å²) >= 11 is 0. The molecule has 34 heavy (non-hydrogen) atoms.